The minimum absolute atomic E-state index is 0.00496. The molecule has 0 saturated carbocycles. The van der Waals surface area contributed by atoms with Crippen molar-refractivity contribution >= 4 is 11.8 Å². The van der Waals surface area contributed by atoms with Gasteiger partial charge in [-0.2, -0.15) is 0 Å². The fraction of sp³-hybridized carbons (Fsp3) is 0.667. The summed E-state index contributed by atoms with van der Waals surface area (Å²) in [5.74, 6) is -0.347. The summed E-state index contributed by atoms with van der Waals surface area (Å²) in [5.41, 5.74) is 0. The lowest BCUT2D eigenvalue weighted by molar-refractivity contribution is -0.392. The van der Waals surface area contributed by atoms with Crippen molar-refractivity contribution in [3.05, 3.63) is 22.1 Å². The van der Waals surface area contributed by atoms with Crippen LogP contribution in [0.5, 0.6) is 0 Å². The smallest absolute Gasteiger partial charge is 0.342 e. The Kier molecular flexibility index (Phi) is 4.86. The van der Waals surface area contributed by atoms with E-state index in [9.17, 15) is 14.9 Å². The van der Waals surface area contributed by atoms with Crippen LogP contribution in [-0.2, 0) is 16.1 Å². The average molecular weight is 298 g/mol. The van der Waals surface area contributed by atoms with E-state index in [0.717, 1.165) is 0 Å². The Balaban J connectivity index is 2.02. The summed E-state index contributed by atoms with van der Waals surface area (Å²) in [6, 6.07) is -0.195. The molecule has 0 bridgehead atoms. The van der Waals surface area contributed by atoms with Gasteiger partial charge < -0.3 is 20.0 Å². The molecule has 2 heterocycles. The second-order valence-electron chi connectivity index (χ2n) is 4.93. The lowest BCUT2D eigenvalue weighted by Gasteiger charge is -2.34. The number of aromatic nitrogens is 2. The van der Waals surface area contributed by atoms with E-state index in [4.69, 9.17) is 9.84 Å². The SMILES string of the molecule is Cc1ncc([N+](=O)[O-])n1CCN1CCOCC1CC(=O)O. The first-order valence-electron chi connectivity index (χ1n) is 6.69. The van der Waals surface area contributed by atoms with Gasteiger partial charge in [-0.15, -0.1) is 0 Å². The zero-order valence-corrected chi connectivity index (χ0v) is 11.8. The van der Waals surface area contributed by atoms with Crippen molar-refractivity contribution in [3.63, 3.8) is 0 Å². The summed E-state index contributed by atoms with van der Waals surface area (Å²) >= 11 is 0. The highest BCUT2D eigenvalue weighted by molar-refractivity contribution is 5.67. The van der Waals surface area contributed by atoms with Gasteiger partial charge >= 0.3 is 11.8 Å². The number of ether oxygens (including phenoxy) is 1. The molecule has 1 unspecified atom stereocenters. The summed E-state index contributed by atoms with van der Waals surface area (Å²) in [7, 11) is 0. The number of hydrogen-bond acceptors (Lipinski definition) is 6. The van der Waals surface area contributed by atoms with E-state index in [1.807, 2.05) is 4.90 Å². The largest absolute Gasteiger partial charge is 0.481 e. The quantitative estimate of drug-likeness (QED) is 0.593. The fourth-order valence-corrected chi connectivity index (χ4v) is 2.48. The molecule has 0 amide bonds. The van der Waals surface area contributed by atoms with Crippen molar-refractivity contribution in [1.82, 2.24) is 14.5 Å². The molecule has 1 N–H and O–H groups in total. The molecule has 9 heteroatoms. The molecule has 1 aliphatic rings. The third-order valence-corrected chi connectivity index (χ3v) is 3.59. The highest BCUT2D eigenvalue weighted by Crippen LogP contribution is 2.15. The Hall–Kier alpha value is -2.00. The number of imidazole rings is 1. The maximum atomic E-state index is 10.9. The highest BCUT2D eigenvalue weighted by atomic mass is 16.6. The van der Waals surface area contributed by atoms with Gasteiger partial charge in [-0.1, -0.05) is 0 Å². The monoisotopic (exact) mass is 298 g/mol. The van der Waals surface area contributed by atoms with Gasteiger partial charge in [0.25, 0.3) is 0 Å². The van der Waals surface area contributed by atoms with Crippen LogP contribution in [0.15, 0.2) is 6.20 Å². The number of nitrogens with zero attached hydrogens (tertiary/aromatic N) is 4. The van der Waals surface area contributed by atoms with E-state index >= 15 is 0 Å². The molecule has 1 saturated heterocycles. The van der Waals surface area contributed by atoms with E-state index in [0.29, 0.717) is 38.7 Å². The van der Waals surface area contributed by atoms with Crippen LogP contribution >= 0.6 is 0 Å². The second-order valence-corrected chi connectivity index (χ2v) is 4.93. The number of aryl methyl sites for hydroxylation is 1. The third kappa shape index (κ3) is 3.76. The van der Waals surface area contributed by atoms with E-state index in [1.165, 1.54) is 10.8 Å². The molecule has 0 radical (unpaired) electrons. The molecular formula is C12H18N4O5. The standard InChI is InChI=1S/C12H18N4O5/c1-9-13-7-11(16(19)20)15(9)3-2-14-4-5-21-8-10(14)6-12(17)18/h7,10H,2-6,8H2,1H3,(H,17,18). The Morgan fingerprint density at radius 1 is 1.62 bits per heavy atom. The number of hydrogen-bond donors (Lipinski definition) is 1. The van der Waals surface area contributed by atoms with Gasteiger partial charge in [0.15, 0.2) is 5.82 Å². The van der Waals surface area contributed by atoms with E-state index < -0.39 is 10.9 Å². The molecule has 1 aromatic heterocycles. The Morgan fingerprint density at radius 3 is 3.05 bits per heavy atom. The van der Waals surface area contributed by atoms with Crippen LogP contribution in [0.3, 0.4) is 0 Å². The molecule has 1 atom stereocenters. The maximum absolute atomic E-state index is 10.9. The van der Waals surface area contributed by atoms with E-state index in [1.54, 1.807) is 6.92 Å². The topological polar surface area (TPSA) is 111 Å². The van der Waals surface area contributed by atoms with Crippen LogP contribution in [0.2, 0.25) is 0 Å². The summed E-state index contributed by atoms with van der Waals surface area (Å²) in [6.07, 6.45) is 1.24. The Labute approximate surface area is 121 Å². The van der Waals surface area contributed by atoms with Gasteiger partial charge in [0.1, 0.15) is 12.7 Å². The number of carboxylic acids is 1. The molecular weight excluding hydrogens is 280 g/mol. The van der Waals surface area contributed by atoms with E-state index in [2.05, 4.69) is 4.98 Å². The minimum Gasteiger partial charge on any atom is -0.481 e. The van der Waals surface area contributed by atoms with Crippen molar-refractivity contribution in [3.8, 4) is 0 Å². The molecule has 21 heavy (non-hydrogen) atoms. The molecule has 0 aliphatic carbocycles. The normalized spacial score (nSPS) is 19.6. The van der Waals surface area contributed by atoms with Crippen LogP contribution < -0.4 is 0 Å². The van der Waals surface area contributed by atoms with Crippen LogP contribution in [0.1, 0.15) is 12.2 Å². The van der Waals surface area contributed by atoms with Crippen molar-refractivity contribution in [2.75, 3.05) is 26.3 Å². The molecule has 0 aromatic carbocycles. The number of carboxylic acid groups (broad SMARTS) is 1. The zero-order chi connectivity index (χ0) is 15.4. The van der Waals surface area contributed by atoms with Gasteiger partial charge in [0.05, 0.1) is 19.6 Å². The molecule has 0 spiro atoms. The predicted octanol–water partition coefficient (Wildman–Crippen LogP) is 0.275. The Morgan fingerprint density at radius 2 is 2.38 bits per heavy atom. The first kappa shape index (κ1) is 15.4. The summed E-state index contributed by atoms with van der Waals surface area (Å²) < 4.78 is 6.84. The fourth-order valence-electron chi connectivity index (χ4n) is 2.48. The van der Waals surface area contributed by atoms with Gasteiger partial charge in [0, 0.05) is 26.1 Å². The van der Waals surface area contributed by atoms with E-state index in [-0.39, 0.29) is 18.3 Å². The minimum atomic E-state index is -0.875. The Bertz CT molecular complexity index is 530. The van der Waals surface area contributed by atoms with Gasteiger partial charge in [-0.05, 0) is 4.92 Å². The molecule has 1 fully saturated rings. The van der Waals surface area contributed by atoms with Crippen molar-refractivity contribution in [2.45, 2.75) is 25.9 Å². The van der Waals surface area contributed by atoms with Gasteiger partial charge in [-0.25, -0.2) is 9.55 Å². The number of carbonyl (C=O) groups is 1. The summed E-state index contributed by atoms with van der Waals surface area (Å²) in [6.45, 7) is 4.18. The van der Waals surface area contributed by atoms with Crippen molar-refractivity contribution < 1.29 is 19.6 Å². The summed E-state index contributed by atoms with van der Waals surface area (Å²) in [5, 5.41) is 19.8. The molecule has 1 aromatic rings. The molecule has 116 valence electrons. The average Bonchev–Trinajstić information content (AvgIpc) is 2.78. The first-order chi connectivity index (χ1) is 9.99. The zero-order valence-electron chi connectivity index (χ0n) is 11.8. The van der Waals surface area contributed by atoms with Crippen LogP contribution in [0.4, 0.5) is 5.82 Å². The maximum Gasteiger partial charge on any atom is 0.342 e. The lowest BCUT2D eigenvalue weighted by Crippen LogP contribution is -2.47. The summed E-state index contributed by atoms with van der Waals surface area (Å²) in [4.78, 5) is 27.3. The highest BCUT2D eigenvalue weighted by Gasteiger charge is 2.26. The number of aliphatic carboxylic acids is 1. The molecule has 1 aliphatic heterocycles. The lowest BCUT2D eigenvalue weighted by atomic mass is 10.1. The van der Waals surface area contributed by atoms with Crippen LogP contribution in [0, 0.1) is 17.0 Å². The van der Waals surface area contributed by atoms with Crippen molar-refractivity contribution in [2.24, 2.45) is 0 Å². The third-order valence-electron chi connectivity index (χ3n) is 3.59. The number of rotatable bonds is 6. The molecule has 2 rings (SSSR count). The van der Waals surface area contributed by atoms with Gasteiger partial charge in [0.2, 0.25) is 0 Å². The second kappa shape index (κ2) is 6.64. The van der Waals surface area contributed by atoms with Gasteiger partial charge in [-0.3, -0.25) is 9.69 Å². The first-order valence-corrected chi connectivity index (χ1v) is 6.69. The van der Waals surface area contributed by atoms with Crippen molar-refractivity contribution in [1.29, 1.82) is 0 Å². The van der Waals surface area contributed by atoms with Crippen LogP contribution in [0.25, 0.3) is 0 Å². The predicted molar refractivity (Wildman–Crippen MR) is 72.1 cm³/mol. The number of morpholine rings is 1. The van der Waals surface area contributed by atoms with Crippen LogP contribution in [-0.4, -0.2) is 62.8 Å². The number of nitro groups is 1. The molecule has 9 nitrogen and oxygen atoms in total.